The molecule has 1 amide bonds. The van der Waals surface area contributed by atoms with E-state index in [1.807, 2.05) is 59.9 Å². The maximum absolute atomic E-state index is 12.5. The van der Waals surface area contributed by atoms with Crippen LogP contribution in [0.5, 0.6) is 0 Å². The molecule has 1 saturated heterocycles. The number of rotatable bonds is 3. The van der Waals surface area contributed by atoms with Crippen molar-refractivity contribution in [1.82, 2.24) is 0 Å². The molecule has 1 fully saturated rings. The predicted octanol–water partition coefficient (Wildman–Crippen LogP) is 5.55. The zero-order valence-corrected chi connectivity index (χ0v) is 14.7. The molecule has 4 rings (SSSR count). The van der Waals surface area contributed by atoms with Gasteiger partial charge < -0.3 is 9.73 Å². The van der Waals surface area contributed by atoms with E-state index in [0.717, 1.165) is 16.7 Å². The average molecular weight is 355 g/mol. The molecule has 0 spiro atoms. The lowest BCUT2D eigenvalue weighted by Crippen LogP contribution is -2.11. The molecule has 2 aromatic carbocycles. The fraction of sp³-hybridized carbons (Fsp3) is 0.211. The van der Waals surface area contributed by atoms with Gasteiger partial charge in [0.15, 0.2) is 5.76 Å². The highest BCUT2D eigenvalue weighted by molar-refractivity contribution is 8.16. The van der Waals surface area contributed by atoms with E-state index in [0.29, 0.717) is 10.3 Å². The lowest BCUT2D eigenvalue weighted by Gasteiger charge is -2.21. The minimum atomic E-state index is -0.215. The first-order valence-electron chi connectivity index (χ1n) is 7.93. The smallest absolute Gasteiger partial charge is 0.291 e. The summed E-state index contributed by atoms with van der Waals surface area (Å²) in [6, 6.07) is 17.5. The zero-order chi connectivity index (χ0) is 16.4. The molecule has 0 unspecified atom stereocenters. The molecule has 1 aliphatic rings. The van der Waals surface area contributed by atoms with Crippen LogP contribution in [0.25, 0.3) is 11.0 Å². The number of amides is 1. The Morgan fingerprint density at radius 2 is 1.88 bits per heavy atom. The van der Waals surface area contributed by atoms with Crippen LogP contribution in [0.15, 0.2) is 59.0 Å². The van der Waals surface area contributed by atoms with Crippen LogP contribution in [0.4, 0.5) is 5.69 Å². The number of thioether (sulfide) groups is 2. The summed E-state index contributed by atoms with van der Waals surface area (Å²) in [5.74, 6) is 2.52. The first-order chi connectivity index (χ1) is 11.8. The first kappa shape index (κ1) is 15.7. The van der Waals surface area contributed by atoms with Gasteiger partial charge in [0.05, 0.1) is 4.58 Å². The third-order valence-corrected chi connectivity index (χ3v) is 6.91. The largest absolute Gasteiger partial charge is 0.451 e. The third kappa shape index (κ3) is 3.32. The summed E-state index contributed by atoms with van der Waals surface area (Å²) in [6.07, 6.45) is 1.27. The van der Waals surface area contributed by atoms with Gasteiger partial charge in [-0.3, -0.25) is 4.79 Å². The zero-order valence-electron chi connectivity index (χ0n) is 13.0. The SMILES string of the molecule is O=C(Nc1cccc(C2SCCCS2)c1)c1cc2ccccc2o1. The van der Waals surface area contributed by atoms with Gasteiger partial charge in [-0.25, -0.2) is 0 Å². The molecule has 0 saturated carbocycles. The summed E-state index contributed by atoms with van der Waals surface area (Å²) >= 11 is 3.95. The Bertz CT molecular complexity index is 835. The molecule has 24 heavy (non-hydrogen) atoms. The monoisotopic (exact) mass is 355 g/mol. The van der Waals surface area contributed by atoms with Gasteiger partial charge >= 0.3 is 0 Å². The molecule has 5 heteroatoms. The number of hydrogen-bond donors (Lipinski definition) is 1. The lowest BCUT2D eigenvalue weighted by molar-refractivity contribution is 0.0998. The number of benzene rings is 2. The van der Waals surface area contributed by atoms with Gasteiger partial charge in [-0.2, -0.15) is 0 Å². The Balaban J connectivity index is 1.52. The van der Waals surface area contributed by atoms with Crippen molar-refractivity contribution in [3.05, 3.63) is 65.9 Å². The van der Waals surface area contributed by atoms with Crippen molar-refractivity contribution in [3.63, 3.8) is 0 Å². The Kier molecular flexibility index (Phi) is 4.54. The fourth-order valence-electron chi connectivity index (χ4n) is 2.73. The minimum absolute atomic E-state index is 0.215. The van der Waals surface area contributed by atoms with Crippen molar-refractivity contribution in [1.29, 1.82) is 0 Å². The molecule has 1 aromatic heterocycles. The van der Waals surface area contributed by atoms with Crippen LogP contribution < -0.4 is 5.32 Å². The number of fused-ring (bicyclic) bond motifs is 1. The summed E-state index contributed by atoms with van der Waals surface area (Å²) in [5.41, 5.74) is 2.79. The van der Waals surface area contributed by atoms with Crippen LogP contribution in [0.1, 0.15) is 27.1 Å². The van der Waals surface area contributed by atoms with Gasteiger partial charge in [-0.05, 0) is 47.8 Å². The molecule has 0 bridgehead atoms. The Morgan fingerprint density at radius 1 is 1.04 bits per heavy atom. The summed E-state index contributed by atoms with van der Waals surface area (Å²) in [4.78, 5) is 12.5. The van der Waals surface area contributed by atoms with Crippen molar-refractivity contribution in [2.75, 3.05) is 16.8 Å². The normalized spacial score (nSPS) is 15.5. The molecule has 2 heterocycles. The van der Waals surface area contributed by atoms with Gasteiger partial charge in [0.1, 0.15) is 5.58 Å². The fourth-order valence-corrected chi connectivity index (χ4v) is 5.60. The van der Waals surface area contributed by atoms with E-state index >= 15 is 0 Å². The van der Waals surface area contributed by atoms with Gasteiger partial charge in [-0.15, -0.1) is 23.5 Å². The highest BCUT2D eigenvalue weighted by Crippen LogP contribution is 2.44. The van der Waals surface area contributed by atoms with E-state index in [4.69, 9.17) is 4.42 Å². The van der Waals surface area contributed by atoms with Gasteiger partial charge in [-0.1, -0.05) is 30.3 Å². The van der Waals surface area contributed by atoms with Gasteiger partial charge in [0.25, 0.3) is 5.91 Å². The van der Waals surface area contributed by atoms with E-state index < -0.39 is 0 Å². The van der Waals surface area contributed by atoms with E-state index in [2.05, 4.69) is 17.4 Å². The second-order valence-corrected chi connectivity index (χ2v) is 8.38. The van der Waals surface area contributed by atoms with E-state index in [1.165, 1.54) is 23.5 Å². The maximum atomic E-state index is 12.5. The number of carbonyl (C=O) groups is 1. The van der Waals surface area contributed by atoms with E-state index in [-0.39, 0.29) is 5.91 Å². The quantitative estimate of drug-likeness (QED) is 0.668. The highest BCUT2D eigenvalue weighted by atomic mass is 32.2. The van der Waals surface area contributed by atoms with E-state index in [9.17, 15) is 4.79 Å². The van der Waals surface area contributed by atoms with Crippen molar-refractivity contribution in [2.24, 2.45) is 0 Å². The molecular weight excluding hydrogens is 338 g/mol. The highest BCUT2D eigenvalue weighted by Gasteiger charge is 2.18. The predicted molar refractivity (Wildman–Crippen MR) is 103 cm³/mol. The second-order valence-electron chi connectivity index (χ2n) is 5.66. The number of hydrogen-bond acceptors (Lipinski definition) is 4. The third-order valence-electron chi connectivity index (χ3n) is 3.89. The summed E-state index contributed by atoms with van der Waals surface area (Å²) < 4.78 is 6.09. The van der Waals surface area contributed by atoms with Gasteiger partial charge in [0, 0.05) is 11.1 Å². The van der Waals surface area contributed by atoms with Crippen molar-refractivity contribution in [2.45, 2.75) is 11.0 Å². The van der Waals surface area contributed by atoms with Crippen molar-refractivity contribution < 1.29 is 9.21 Å². The number of nitrogens with one attached hydrogen (secondary N) is 1. The molecule has 3 nitrogen and oxygen atoms in total. The number of para-hydroxylation sites is 1. The lowest BCUT2D eigenvalue weighted by atomic mass is 10.2. The molecular formula is C19H17NO2S2. The van der Waals surface area contributed by atoms with Crippen LogP contribution in [0, 0.1) is 0 Å². The summed E-state index contributed by atoms with van der Waals surface area (Å²) in [6.45, 7) is 0. The topological polar surface area (TPSA) is 42.2 Å². The molecule has 0 aliphatic carbocycles. The molecule has 0 atom stereocenters. The summed E-state index contributed by atoms with van der Waals surface area (Å²) in [7, 11) is 0. The number of carbonyl (C=O) groups excluding carboxylic acids is 1. The van der Waals surface area contributed by atoms with Gasteiger partial charge in [0.2, 0.25) is 0 Å². The maximum Gasteiger partial charge on any atom is 0.291 e. The van der Waals surface area contributed by atoms with Crippen LogP contribution >= 0.6 is 23.5 Å². The van der Waals surface area contributed by atoms with Crippen molar-refractivity contribution >= 4 is 46.1 Å². The number of furan rings is 1. The Labute approximate surface area is 149 Å². The van der Waals surface area contributed by atoms with Crippen LogP contribution in [-0.4, -0.2) is 17.4 Å². The second kappa shape index (κ2) is 6.95. The van der Waals surface area contributed by atoms with E-state index in [1.54, 1.807) is 6.07 Å². The molecule has 3 aromatic rings. The summed E-state index contributed by atoms with van der Waals surface area (Å²) in [5, 5.41) is 3.88. The Morgan fingerprint density at radius 3 is 2.71 bits per heavy atom. The first-order valence-corrected chi connectivity index (χ1v) is 10.0. The molecule has 0 radical (unpaired) electrons. The average Bonchev–Trinajstić information content (AvgIpc) is 3.07. The minimum Gasteiger partial charge on any atom is -0.451 e. The van der Waals surface area contributed by atoms with Crippen molar-refractivity contribution in [3.8, 4) is 0 Å². The molecule has 122 valence electrons. The van der Waals surface area contributed by atoms with Crippen LogP contribution in [0.2, 0.25) is 0 Å². The van der Waals surface area contributed by atoms with Crippen LogP contribution in [0.3, 0.4) is 0 Å². The van der Waals surface area contributed by atoms with Crippen LogP contribution in [-0.2, 0) is 0 Å². The Hall–Kier alpha value is -1.85. The standard InChI is InChI=1S/C19H17NO2S2/c21-18(17-12-13-5-1-2-8-16(13)22-17)20-15-7-3-6-14(11-15)19-23-9-4-10-24-19/h1-3,5-8,11-12,19H,4,9-10H2,(H,20,21). The number of anilines is 1. The molecule has 1 aliphatic heterocycles. The molecule has 1 N–H and O–H groups in total.